The SMILES string of the molecule is CCCn1cc(S(=O)(=O)N2CCCC(C)CC2)c(N)n1. The van der Waals surface area contributed by atoms with Crippen molar-refractivity contribution in [2.24, 2.45) is 5.92 Å². The molecule has 2 heterocycles. The average molecular weight is 300 g/mol. The van der Waals surface area contributed by atoms with E-state index in [1.54, 1.807) is 15.2 Å². The Morgan fingerprint density at radius 2 is 2.15 bits per heavy atom. The average Bonchev–Trinajstić information content (AvgIpc) is 2.61. The minimum Gasteiger partial charge on any atom is -0.381 e. The monoisotopic (exact) mass is 300 g/mol. The van der Waals surface area contributed by atoms with Gasteiger partial charge in [0.2, 0.25) is 10.0 Å². The van der Waals surface area contributed by atoms with Crippen LogP contribution in [0.25, 0.3) is 0 Å². The van der Waals surface area contributed by atoms with E-state index in [1.807, 2.05) is 6.92 Å². The predicted molar refractivity (Wildman–Crippen MR) is 78.7 cm³/mol. The second-order valence-corrected chi connectivity index (χ2v) is 7.49. The van der Waals surface area contributed by atoms with Gasteiger partial charge in [0.05, 0.1) is 0 Å². The summed E-state index contributed by atoms with van der Waals surface area (Å²) < 4.78 is 28.5. The molecule has 114 valence electrons. The Kier molecular flexibility index (Phi) is 4.70. The fourth-order valence-corrected chi connectivity index (χ4v) is 4.13. The van der Waals surface area contributed by atoms with E-state index >= 15 is 0 Å². The van der Waals surface area contributed by atoms with Crippen molar-refractivity contribution >= 4 is 15.8 Å². The van der Waals surface area contributed by atoms with Gasteiger partial charge < -0.3 is 5.73 Å². The highest BCUT2D eigenvalue weighted by atomic mass is 32.2. The first-order valence-electron chi connectivity index (χ1n) is 7.28. The Bertz CT molecular complexity index is 553. The van der Waals surface area contributed by atoms with Crippen molar-refractivity contribution in [2.45, 2.75) is 51.0 Å². The molecule has 7 heteroatoms. The number of anilines is 1. The van der Waals surface area contributed by atoms with Crippen LogP contribution in [0.3, 0.4) is 0 Å². The lowest BCUT2D eigenvalue weighted by atomic mass is 10.0. The summed E-state index contributed by atoms with van der Waals surface area (Å²) in [5, 5.41) is 4.09. The number of rotatable bonds is 4. The summed E-state index contributed by atoms with van der Waals surface area (Å²) in [5.41, 5.74) is 5.79. The lowest BCUT2D eigenvalue weighted by molar-refractivity contribution is 0.417. The summed E-state index contributed by atoms with van der Waals surface area (Å²) in [6.07, 6.45) is 5.34. The van der Waals surface area contributed by atoms with E-state index in [1.165, 1.54) is 0 Å². The molecule has 1 aliphatic rings. The van der Waals surface area contributed by atoms with Gasteiger partial charge in [-0.3, -0.25) is 4.68 Å². The second kappa shape index (κ2) is 6.13. The van der Waals surface area contributed by atoms with Crippen LogP contribution >= 0.6 is 0 Å². The van der Waals surface area contributed by atoms with Crippen molar-refractivity contribution in [3.8, 4) is 0 Å². The number of sulfonamides is 1. The highest BCUT2D eigenvalue weighted by Crippen LogP contribution is 2.25. The maximum absolute atomic E-state index is 12.7. The molecule has 2 N–H and O–H groups in total. The van der Waals surface area contributed by atoms with Crippen molar-refractivity contribution < 1.29 is 8.42 Å². The third kappa shape index (κ3) is 3.15. The first kappa shape index (κ1) is 15.3. The Labute approximate surface area is 121 Å². The lowest BCUT2D eigenvalue weighted by Gasteiger charge is -2.19. The molecule has 6 nitrogen and oxygen atoms in total. The Morgan fingerprint density at radius 1 is 1.40 bits per heavy atom. The number of nitrogens with zero attached hydrogens (tertiary/aromatic N) is 3. The second-order valence-electron chi connectivity index (χ2n) is 5.58. The van der Waals surface area contributed by atoms with Gasteiger partial charge in [0.1, 0.15) is 4.90 Å². The lowest BCUT2D eigenvalue weighted by Crippen LogP contribution is -2.32. The van der Waals surface area contributed by atoms with Gasteiger partial charge in [-0.2, -0.15) is 9.40 Å². The van der Waals surface area contributed by atoms with Crippen LogP contribution in [-0.2, 0) is 16.6 Å². The van der Waals surface area contributed by atoms with E-state index in [4.69, 9.17) is 5.73 Å². The fraction of sp³-hybridized carbons (Fsp3) is 0.769. The van der Waals surface area contributed by atoms with Crippen LogP contribution in [0, 0.1) is 5.92 Å². The van der Waals surface area contributed by atoms with Crippen molar-refractivity contribution in [1.82, 2.24) is 14.1 Å². The van der Waals surface area contributed by atoms with Crippen molar-refractivity contribution in [3.05, 3.63) is 6.20 Å². The number of nitrogens with two attached hydrogens (primary N) is 1. The standard InChI is InChI=1S/C13H24N4O2S/c1-3-7-16-10-12(13(14)15-16)20(18,19)17-8-4-5-11(2)6-9-17/h10-11H,3-9H2,1-2H3,(H2,14,15). The molecular formula is C13H24N4O2S. The quantitative estimate of drug-likeness (QED) is 0.917. The molecule has 0 aromatic carbocycles. The van der Waals surface area contributed by atoms with E-state index in [0.29, 0.717) is 25.6 Å². The molecule has 1 aromatic rings. The molecule has 0 bridgehead atoms. The third-order valence-corrected chi connectivity index (χ3v) is 5.72. The van der Waals surface area contributed by atoms with E-state index in [9.17, 15) is 8.42 Å². The summed E-state index contributed by atoms with van der Waals surface area (Å²) in [5.74, 6) is 0.686. The van der Waals surface area contributed by atoms with Crippen LogP contribution in [0.4, 0.5) is 5.82 Å². The van der Waals surface area contributed by atoms with E-state index in [-0.39, 0.29) is 10.7 Å². The zero-order valence-electron chi connectivity index (χ0n) is 12.2. The van der Waals surface area contributed by atoms with E-state index in [0.717, 1.165) is 25.7 Å². The molecule has 0 amide bonds. The molecule has 0 spiro atoms. The summed E-state index contributed by atoms with van der Waals surface area (Å²) in [7, 11) is -3.51. The molecule has 1 fully saturated rings. The topological polar surface area (TPSA) is 81.2 Å². The van der Waals surface area contributed by atoms with Crippen LogP contribution in [0.2, 0.25) is 0 Å². The molecule has 2 rings (SSSR count). The zero-order valence-corrected chi connectivity index (χ0v) is 13.1. The van der Waals surface area contributed by atoms with Crippen molar-refractivity contribution in [3.63, 3.8) is 0 Å². The number of hydrogen-bond donors (Lipinski definition) is 1. The van der Waals surface area contributed by atoms with E-state index < -0.39 is 10.0 Å². The van der Waals surface area contributed by atoms with Crippen molar-refractivity contribution in [2.75, 3.05) is 18.8 Å². The van der Waals surface area contributed by atoms with Crippen LogP contribution in [0.1, 0.15) is 39.5 Å². The minimum absolute atomic E-state index is 0.107. The van der Waals surface area contributed by atoms with Crippen molar-refractivity contribution in [1.29, 1.82) is 0 Å². The van der Waals surface area contributed by atoms with Crippen LogP contribution in [-0.4, -0.2) is 35.6 Å². The summed E-state index contributed by atoms with van der Waals surface area (Å²) in [4.78, 5) is 0.153. The first-order chi connectivity index (χ1) is 9.45. The summed E-state index contributed by atoms with van der Waals surface area (Å²) in [6, 6.07) is 0. The van der Waals surface area contributed by atoms with Gasteiger partial charge in [0, 0.05) is 25.8 Å². The molecule has 1 aromatic heterocycles. The molecular weight excluding hydrogens is 276 g/mol. The smallest absolute Gasteiger partial charge is 0.248 e. The van der Waals surface area contributed by atoms with E-state index in [2.05, 4.69) is 12.0 Å². The molecule has 0 aliphatic carbocycles. The molecule has 0 radical (unpaired) electrons. The molecule has 1 atom stereocenters. The zero-order chi connectivity index (χ0) is 14.8. The molecule has 1 unspecified atom stereocenters. The number of aryl methyl sites for hydroxylation is 1. The fourth-order valence-electron chi connectivity index (χ4n) is 2.58. The van der Waals surface area contributed by atoms with Gasteiger partial charge in [-0.25, -0.2) is 8.42 Å². The van der Waals surface area contributed by atoms with Crippen LogP contribution in [0.15, 0.2) is 11.1 Å². The van der Waals surface area contributed by atoms with Gasteiger partial charge in [0.15, 0.2) is 5.82 Å². The number of aromatic nitrogens is 2. The molecule has 0 saturated carbocycles. The van der Waals surface area contributed by atoms with Crippen LogP contribution in [0.5, 0.6) is 0 Å². The largest absolute Gasteiger partial charge is 0.381 e. The molecule has 20 heavy (non-hydrogen) atoms. The van der Waals surface area contributed by atoms with Gasteiger partial charge in [-0.15, -0.1) is 0 Å². The third-order valence-electron chi connectivity index (χ3n) is 3.80. The summed E-state index contributed by atoms with van der Waals surface area (Å²) in [6.45, 7) is 6.01. The Morgan fingerprint density at radius 3 is 2.85 bits per heavy atom. The van der Waals surface area contributed by atoms with Gasteiger partial charge >= 0.3 is 0 Å². The molecule has 1 saturated heterocycles. The first-order valence-corrected chi connectivity index (χ1v) is 8.72. The predicted octanol–water partition coefficient (Wildman–Crippen LogP) is 1.69. The maximum Gasteiger partial charge on any atom is 0.248 e. The molecule has 1 aliphatic heterocycles. The normalized spacial score (nSPS) is 21.8. The highest BCUT2D eigenvalue weighted by molar-refractivity contribution is 7.89. The van der Waals surface area contributed by atoms with Crippen LogP contribution < -0.4 is 5.73 Å². The van der Waals surface area contributed by atoms with Gasteiger partial charge in [-0.05, 0) is 31.6 Å². The Balaban J connectivity index is 2.25. The number of hydrogen-bond acceptors (Lipinski definition) is 4. The minimum atomic E-state index is -3.51. The number of nitrogen functional groups attached to an aromatic ring is 1. The Hall–Kier alpha value is -1.08. The maximum atomic E-state index is 12.7. The van der Waals surface area contributed by atoms with Gasteiger partial charge in [0.25, 0.3) is 0 Å². The summed E-state index contributed by atoms with van der Waals surface area (Å²) >= 11 is 0. The van der Waals surface area contributed by atoms with Gasteiger partial charge in [-0.1, -0.05) is 13.8 Å². The highest BCUT2D eigenvalue weighted by Gasteiger charge is 2.30.